The molecule has 4 rings (SSSR count). The molecule has 0 bridgehead atoms. The lowest BCUT2D eigenvalue weighted by molar-refractivity contribution is 0.211. The van der Waals surface area contributed by atoms with Gasteiger partial charge in [-0.05, 0) is 35.4 Å². The minimum absolute atomic E-state index is 0.115. The molecular formula is C22H19F2N5. The molecule has 3 aromatic rings. The molecule has 2 aromatic carbocycles. The maximum absolute atomic E-state index is 13.4. The van der Waals surface area contributed by atoms with Crippen LogP contribution in [0.3, 0.4) is 0 Å². The van der Waals surface area contributed by atoms with E-state index in [0.29, 0.717) is 37.7 Å². The molecule has 1 fully saturated rings. The van der Waals surface area contributed by atoms with Crippen LogP contribution in [0.25, 0.3) is 0 Å². The first kappa shape index (κ1) is 19.0. The molecule has 7 heteroatoms. The van der Waals surface area contributed by atoms with Crippen molar-refractivity contribution < 1.29 is 8.78 Å². The Bertz CT molecular complexity index is 961. The summed E-state index contributed by atoms with van der Waals surface area (Å²) in [4.78, 5) is 12.7. The predicted octanol–water partition coefficient (Wildman–Crippen LogP) is 3.54. The lowest BCUT2D eigenvalue weighted by Gasteiger charge is -2.40. The summed E-state index contributed by atoms with van der Waals surface area (Å²) in [6.45, 7) is 2.76. The molecule has 1 aromatic heterocycles. The number of hydrogen-bond donors (Lipinski definition) is 0. The largest absolute Gasteiger partial charge is 0.352 e. The number of piperazine rings is 1. The number of anilines is 1. The number of nitriles is 1. The van der Waals surface area contributed by atoms with Crippen LogP contribution in [0.15, 0.2) is 60.9 Å². The molecule has 0 N–H and O–H groups in total. The topological polar surface area (TPSA) is 56.1 Å². The van der Waals surface area contributed by atoms with Gasteiger partial charge in [-0.25, -0.2) is 18.7 Å². The normalized spacial score (nSPS) is 14.8. The quantitative estimate of drug-likeness (QED) is 0.681. The van der Waals surface area contributed by atoms with Crippen molar-refractivity contribution in [3.05, 3.63) is 89.4 Å². The summed E-state index contributed by atoms with van der Waals surface area (Å²) in [6.07, 6.45) is 3.10. The maximum atomic E-state index is 13.4. The zero-order valence-electron chi connectivity index (χ0n) is 15.7. The van der Waals surface area contributed by atoms with E-state index < -0.39 is 0 Å². The van der Waals surface area contributed by atoms with Crippen molar-refractivity contribution in [3.8, 4) is 6.07 Å². The minimum Gasteiger partial charge on any atom is -0.352 e. The van der Waals surface area contributed by atoms with Crippen LogP contribution in [-0.4, -0.2) is 41.0 Å². The van der Waals surface area contributed by atoms with Crippen LogP contribution in [0.1, 0.15) is 22.9 Å². The van der Waals surface area contributed by atoms with Gasteiger partial charge in [-0.2, -0.15) is 5.26 Å². The van der Waals surface area contributed by atoms with E-state index in [9.17, 15) is 14.0 Å². The molecule has 1 aliphatic heterocycles. The van der Waals surface area contributed by atoms with Crippen LogP contribution in [0, 0.1) is 23.0 Å². The fourth-order valence-corrected chi connectivity index (χ4v) is 3.74. The number of rotatable bonds is 4. The van der Waals surface area contributed by atoms with E-state index in [2.05, 4.69) is 25.8 Å². The van der Waals surface area contributed by atoms with Gasteiger partial charge in [0.25, 0.3) is 0 Å². The van der Waals surface area contributed by atoms with Crippen LogP contribution in [0.5, 0.6) is 0 Å². The van der Waals surface area contributed by atoms with E-state index in [1.165, 1.54) is 30.5 Å². The predicted molar refractivity (Wildman–Crippen MR) is 105 cm³/mol. The Kier molecular flexibility index (Phi) is 5.45. The van der Waals surface area contributed by atoms with Gasteiger partial charge in [-0.15, -0.1) is 0 Å². The molecule has 146 valence electrons. The van der Waals surface area contributed by atoms with E-state index in [-0.39, 0.29) is 17.7 Å². The molecule has 0 spiro atoms. The fourth-order valence-electron chi connectivity index (χ4n) is 3.74. The first-order valence-corrected chi connectivity index (χ1v) is 9.37. The van der Waals surface area contributed by atoms with Crippen LogP contribution in [-0.2, 0) is 0 Å². The van der Waals surface area contributed by atoms with Crippen molar-refractivity contribution in [1.82, 2.24) is 14.9 Å². The van der Waals surface area contributed by atoms with Crippen LogP contribution in [0.4, 0.5) is 14.6 Å². The second-order valence-electron chi connectivity index (χ2n) is 6.87. The van der Waals surface area contributed by atoms with Crippen molar-refractivity contribution in [2.24, 2.45) is 0 Å². The Morgan fingerprint density at radius 3 is 1.83 bits per heavy atom. The van der Waals surface area contributed by atoms with Gasteiger partial charge in [0, 0.05) is 38.6 Å². The third-order valence-corrected chi connectivity index (χ3v) is 5.14. The van der Waals surface area contributed by atoms with E-state index in [4.69, 9.17) is 0 Å². The Morgan fingerprint density at radius 2 is 1.31 bits per heavy atom. The highest BCUT2D eigenvalue weighted by atomic mass is 19.1. The zero-order valence-corrected chi connectivity index (χ0v) is 15.7. The van der Waals surface area contributed by atoms with Crippen LogP contribution >= 0.6 is 0 Å². The Labute approximate surface area is 167 Å². The smallest absolute Gasteiger partial charge is 0.183 e. The molecule has 2 heterocycles. The molecule has 1 saturated heterocycles. The molecule has 0 saturated carbocycles. The van der Waals surface area contributed by atoms with Gasteiger partial charge in [0.1, 0.15) is 17.7 Å². The van der Waals surface area contributed by atoms with Gasteiger partial charge < -0.3 is 4.90 Å². The van der Waals surface area contributed by atoms with E-state index in [1.807, 2.05) is 0 Å². The van der Waals surface area contributed by atoms with Gasteiger partial charge in [-0.1, -0.05) is 24.3 Å². The molecule has 0 amide bonds. The second kappa shape index (κ2) is 8.33. The summed E-state index contributed by atoms with van der Waals surface area (Å²) in [7, 11) is 0. The monoisotopic (exact) mass is 391 g/mol. The van der Waals surface area contributed by atoms with Gasteiger partial charge in [0.05, 0.1) is 6.04 Å². The second-order valence-corrected chi connectivity index (χ2v) is 6.87. The average Bonchev–Trinajstić information content (AvgIpc) is 2.77. The van der Waals surface area contributed by atoms with Crippen molar-refractivity contribution in [3.63, 3.8) is 0 Å². The Hall–Kier alpha value is -3.37. The van der Waals surface area contributed by atoms with Crippen molar-refractivity contribution in [2.75, 3.05) is 31.1 Å². The molecule has 0 aliphatic carbocycles. The molecule has 1 aliphatic rings. The first-order chi connectivity index (χ1) is 14.2. The SMILES string of the molecule is N#Cc1nccnc1N1CCN(C(c2ccc(F)cc2)c2ccc(F)cc2)CC1. The molecule has 0 radical (unpaired) electrons. The highest BCUT2D eigenvalue weighted by Gasteiger charge is 2.28. The number of halogens is 2. The van der Waals surface area contributed by atoms with Gasteiger partial charge in [-0.3, -0.25) is 4.90 Å². The maximum Gasteiger partial charge on any atom is 0.183 e. The fraction of sp³-hybridized carbons (Fsp3) is 0.227. The summed E-state index contributed by atoms with van der Waals surface area (Å²) < 4.78 is 26.9. The lowest BCUT2D eigenvalue weighted by atomic mass is 9.96. The Balaban J connectivity index is 1.59. The zero-order chi connectivity index (χ0) is 20.2. The van der Waals surface area contributed by atoms with E-state index in [0.717, 1.165) is 11.1 Å². The molecule has 0 atom stereocenters. The van der Waals surface area contributed by atoms with Gasteiger partial charge >= 0.3 is 0 Å². The minimum atomic E-state index is -0.289. The number of aromatic nitrogens is 2. The molecule has 5 nitrogen and oxygen atoms in total. The number of nitrogens with zero attached hydrogens (tertiary/aromatic N) is 5. The summed E-state index contributed by atoms with van der Waals surface area (Å²) in [5.41, 5.74) is 2.21. The summed E-state index contributed by atoms with van der Waals surface area (Å²) in [6, 6.07) is 14.8. The van der Waals surface area contributed by atoms with Crippen molar-refractivity contribution in [1.29, 1.82) is 5.26 Å². The average molecular weight is 391 g/mol. The number of hydrogen-bond acceptors (Lipinski definition) is 5. The standard InChI is InChI=1S/C22H19F2N5/c23-18-5-1-16(2-6-18)21(17-3-7-19(24)8-4-17)28-11-13-29(14-12-28)22-20(15-25)26-9-10-27-22/h1-10,21H,11-14H2. The molecular weight excluding hydrogens is 372 g/mol. The summed E-state index contributed by atoms with van der Waals surface area (Å²) in [5, 5.41) is 9.28. The Morgan fingerprint density at radius 1 is 0.793 bits per heavy atom. The first-order valence-electron chi connectivity index (χ1n) is 9.37. The highest BCUT2D eigenvalue weighted by Crippen LogP contribution is 2.30. The van der Waals surface area contributed by atoms with Crippen LogP contribution < -0.4 is 4.90 Å². The highest BCUT2D eigenvalue weighted by molar-refractivity contribution is 5.50. The lowest BCUT2D eigenvalue weighted by Crippen LogP contribution is -2.48. The van der Waals surface area contributed by atoms with Crippen molar-refractivity contribution >= 4 is 5.82 Å². The van der Waals surface area contributed by atoms with Crippen LogP contribution in [0.2, 0.25) is 0 Å². The van der Waals surface area contributed by atoms with Crippen molar-refractivity contribution in [2.45, 2.75) is 6.04 Å². The molecule has 29 heavy (non-hydrogen) atoms. The van der Waals surface area contributed by atoms with E-state index >= 15 is 0 Å². The molecule has 0 unspecified atom stereocenters. The summed E-state index contributed by atoms with van der Waals surface area (Å²) in [5.74, 6) is 0.0148. The van der Waals surface area contributed by atoms with Gasteiger partial charge in [0.15, 0.2) is 11.5 Å². The third kappa shape index (κ3) is 4.08. The van der Waals surface area contributed by atoms with E-state index in [1.54, 1.807) is 30.5 Å². The number of benzene rings is 2. The van der Waals surface area contributed by atoms with Gasteiger partial charge in [0.2, 0.25) is 0 Å². The summed E-state index contributed by atoms with van der Waals surface area (Å²) >= 11 is 0. The third-order valence-electron chi connectivity index (χ3n) is 5.14.